The van der Waals surface area contributed by atoms with Gasteiger partial charge >= 0.3 is 0 Å². The number of fused-ring (bicyclic) bond motifs is 1. The highest BCUT2D eigenvalue weighted by molar-refractivity contribution is 7.98. The molecule has 3 aromatic rings. The van der Waals surface area contributed by atoms with E-state index >= 15 is 0 Å². The SMILES string of the molecule is CSc1nn(-c2ccccc2Cl)c2nc(C)[nH]c(=O)c12. The van der Waals surface area contributed by atoms with Crippen molar-refractivity contribution in [1.82, 2.24) is 19.7 Å². The number of nitrogens with one attached hydrogen (secondary N) is 1. The smallest absolute Gasteiger partial charge is 0.263 e. The van der Waals surface area contributed by atoms with Gasteiger partial charge in [0.2, 0.25) is 0 Å². The van der Waals surface area contributed by atoms with Crippen LogP contribution in [-0.4, -0.2) is 26.0 Å². The molecule has 2 aromatic heterocycles. The lowest BCUT2D eigenvalue weighted by molar-refractivity contribution is 0.849. The van der Waals surface area contributed by atoms with Gasteiger partial charge in [0, 0.05) is 0 Å². The van der Waals surface area contributed by atoms with E-state index < -0.39 is 0 Å². The summed E-state index contributed by atoms with van der Waals surface area (Å²) < 4.78 is 1.62. The minimum Gasteiger partial charge on any atom is -0.310 e. The summed E-state index contributed by atoms with van der Waals surface area (Å²) in [7, 11) is 0. The molecule has 0 fully saturated rings. The van der Waals surface area contributed by atoms with Crippen LogP contribution in [0, 0.1) is 6.92 Å². The average molecular weight is 307 g/mol. The molecule has 0 amide bonds. The zero-order chi connectivity index (χ0) is 14.3. The lowest BCUT2D eigenvalue weighted by atomic mass is 10.3. The van der Waals surface area contributed by atoms with Crippen molar-refractivity contribution in [3.63, 3.8) is 0 Å². The Morgan fingerprint density at radius 2 is 2.10 bits per heavy atom. The Morgan fingerprint density at radius 3 is 2.80 bits per heavy atom. The van der Waals surface area contributed by atoms with Crippen molar-refractivity contribution in [1.29, 1.82) is 0 Å². The Labute approximate surface area is 124 Å². The number of halogens is 1. The van der Waals surface area contributed by atoms with E-state index in [4.69, 9.17) is 11.6 Å². The van der Waals surface area contributed by atoms with Gasteiger partial charge in [0.15, 0.2) is 5.65 Å². The van der Waals surface area contributed by atoms with Crippen LogP contribution in [0.25, 0.3) is 16.7 Å². The summed E-state index contributed by atoms with van der Waals surface area (Å²) in [5, 5.41) is 6.13. The van der Waals surface area contributed by atoms with Crippen molar-refractivity contribution < 1.29 is 0 Å². The Bertz CT molecular complexity index is 855. The first-order chi connectivity index (χ1) is 9.61. The Hall–Kier alpha value is -1.79. The van der Waals surface area contributed by atoms with Crippen LogP contribution in [0.4, 0.5) is 0 Å². The summed E-state index contributed by atoms with van der Waals surface area (Å²) in [4.78, 5) is 19.2. The third kappa shape index (κ3) is 2.01. The van der Waals surface area contributed by atoms with Crippen molar-refractivity contribution in [2.24, 2.45) is 0 Å². The molecule has 0 spiro atoms. The monoisotopic (exact) mass is 306 g/mol. The molecule has 2 heterocycles. The van der Waals surface area contributed by atoms with Gasteiger partial charge in [0.1, 0.15) is 16.2 Å². The number of hydrogen-bond acceptors (Lipinski definition) is 4. The predicted octanol–water partition coefficient (Wildman–Crippen LogP) is 2.79. The number of benzene rings is 1. The molecule has 0 aliphatic carbocycles. The molecule has 7 heteroatoms. The standard InChI is InChI=1S/C13H11ClN4OS/c1-7-15-11-10(12(19)16-7)13(20-2)17-18(11)9-6-4-3-5-8(9)14/h3-6H,1-2H3,(H,15,16,19). The van der Waals surface area contributed by atoms with Crippen molar-refractivity contribution in [2.45, 2.75) is 11.9 Å². The molecule has 0 radical (unpaired) electrons. The highest BCUT2D eigenvalue weighted by Crippen LogP contribution is 2.27. The maximum Gasteiger partial charge on any atom is 0.263 e. The minimum atomic E-state index is -0.185. The number of nitrogens with zero attached hydrogens (tertiary/aromatic N) is 3. The van der Waals surface area contributed by atoms with Crippen molar-refractivity contribution in [2.75, 3.05) is 6.26 Å². The highest BCUT2D eigenvalue weighted by atomic mass is 35.5. The molecular formula is C13H11ClN4OS. The van der Waals surface area contributed by atoms with Gasteiger partial charge < -0.3 is 4.98 Å². The molecule has 0 aliphatic heterocycles. The molecule has 0 saturated heterocycles. The van der Waals surface area contributed by atoms with Crippen molar-refractivity contribution in [3.05, 3.63) is 45.5 Å². The van der Waals surface area contributed by atoms with Crippen LogP contribution in [-0.2, 0) is 0 Å². The molecule has 20 heavy (non-hydrogen) atoms. The maximum absolute atomic E-state index is 12.1. The van der Waals surface area contributed by atoms with Crippen molar-refractivity contribution in [3.8, 4) is 5.69 Å². The van der Waals surface area contributed by atoms with Crippen LogP contribution in [0.1, 0.15) is 5.82 Å². The number of aryl methyl sites for hydroxylation is 1. The summed E-state index contributed by atoms with van der Waals surface area (Å²) in [6.07, 6.45) is 1.87. The van der Waals surface area contributed by atoms with Crippen LogP contribution in [0.15, 0.2) is 34.1 Å². The highest BCUT2D eigenvalue weighted by Gasteiger charge is 2.17. The summed E-state index contributed by atoms with van der Waals surface area (Å²) >= 11 is 7.61. The number of rotatable bonds is 2. The lowest BCUT2D eigenvalue weighted by Gasteiger charge is -2.04. The fourth-order valence-corrected chi connectivity index (χ4v) is 2.81. The molecule has 0 unspecified atom stereocenters. The number of hydrogen-bond donors (Lipinski definition) is 1. The van der Waals surface area contributed by atoms with Gasteiger partial charge in [0.25, 0.3) is 5.56 Å². The number of H-pyrrole nitrogens is 1. The van der Waals surface area contributed by atoms with Gasteiger partial charge in [-0.3, -0.25) is 4.79 Å². The largest absolute Gasteiger partial charge is 0.310 e. The second-order valence-electron chi connectivity index (χ2n) is 4.22. The molecule has 102 valence electrons. The number of aromatic amines is 1. The number of thioether (sulfide) groups is 1. The third-order valence-electron chi connectivity index (χ3n) is 2.90. The van der Waals surface area contributed by atoms with E-state index in [1.54, 1.807) is 17.7 Å². The first kappa shape index (κ1) is 13.2. The molecule has 5 nitrogen and oxygen atoms in total. The van der Waals surface area contributed by atoms with Crippen LogP contribution in [0.3, 0.4) is 0 Å². The van der Waals surface area contributed by atoms with Crippen LogP contribution in [0.2, 0.25) is 5.02 Å². The zero-order valence-corrected chi connectivity index (χ0v) is 12.4. The van der Waals surface area contributed by atoms with E-state index in [2.05, 4.69) is 15.1 Å². The minimum absolute atomic E-state index is 0.185. The molecule has 0 saturated carbocycles. The zero-order valence-electron chi connectivity index (χ0n) is 10.8. The van der Waals surface area contributed by atoms with Gasteiger partial charge in [-0.2, -0.15) is 5.10 Å². The predicted molar refractivity (Wildman–Crippen MR) is 81.0 cm³/mol. The molecule has 0 aliphatic rings. The van der Waals surface area contributed by atoms with E-state index in [1.807, 2.05) is 24.5 Å². The quantitative estimate of drug-likeness (QED) is 0.739. The van der Waals surface area contributed by atoms with E-state index in [0.29, 0.717) is 32.6 Å². The van der Waals surface area contributed by atoms with Gasteiger partial charge in [0.05, 0.1) is 10.7 Å². The molecule has 0 bridgehead atoms. The summed E-state index contributed by atoms with van der Waals surface area (Å²) in [6.45, 7) is 1.74. The fourth-order valence-electron chi connectivity index (χ4n) is 2.04. The van der Waals surface area contributed by atoms with Gasteiger partial charge in [-0.15, -0.1) is 11.8 Å². The summed E-state index contributed by atoms with van der Waals surface area (Å²) in [5.41, 5.74) is 1.04. The lowest BCUT2D eigenvalue weighted by Crippen LogP contribution is -2.10. The van der Waals surface area contributed by atoms with E-state index in [1.165, 1.54) is 11.8 Å². The van der Waals surface area contributed by atoms with E-state index in [9.17, 15) is 4.79 Å². The average Bonchev–Trinajstić information content (AvgIpc) is 2.78. The summed E-state index contributed by atoms with van der Waals surface area (Å²) in [6, 6.07) is 7.34. The topological polar surface area (TPSA) is 63.6 Å². The van der Waals surface area contributed by atoms with E-state index in [0.717, 1.165) is 0 Å². The number of aromatic nitrogens is 4. The Balaban J connectivity index is 2.43. The molecule has 0 atom stereocenters. The Kier molecular flexibility index (Phi) is 3.27. The second kappa shape index (κ2) is 4.96. The van der Waals surface area contributed by atoms with Crippen molar-refractivity contribution >= 4 is 34.4 Å². The number of para-hydroxylation sites is 1. The van der Waals surface area contributed by atoms with Gasteiger partial charge in [-0.25, -0.2) is 9.67 Å². The third-order valence-corrected chi connectivity index (χ3v) is 3.89. The summed E-state index contributed by atoms with van der Waals surface area (Å²) in [5.74, 6) is 0.545. The maximum atomic E-state index is 12.1. The first-order valence-corrected chi connectivity index (χ1v) is 7.50. The second-order valence-corrected chi connectivity index (χ2v) is 5.42. The van der Waals surface area contributed by atoms with E-state index in [-0.39, 0.29) is 5.56 Å². The normalized spacial score (nSPS) is 11.2. The molecule has 3 rings (SSSR count). The fraction of sp³-hybridized carbons (Fsp3) is 0.154. The Morgan fingerprint density at radius 1 is 1.35 bits per heavy atom. The molecule has 1 aromatic carbocycles. The van der Waals surface area contributed by atoms with Crippen LogP contribution >= 0.6 is 23.4 Å². The molecular weight excluding hydrogens is 296 g/mol. The van der Waals surface area contributed by atoms with Gasteiger partial charge in [-0.05, 0) is 25.3 Å². The molecule has 1 N–H and O–H groups in total. The van der Waals surface area contributed by atoms with Gasteiger partial charge in [-0.1, -0.05) is 23.7 Å². The van der Waals surface area contributed by atoms with Crippen LogP contribution < -0.4 is 5.56 Å². The van der Waals surface area contributed by atoms with Crippen LogP contribution in [0.5, 0.6) is 0 Å². The first-order valence-electron chi connectivity index (χ1n) is 5.90.